The first kappa shape index (κ1) is 19.4. The third-order valence-corrected chi connectivity index (χ3v) is 4.51. The number of hydrogen-bond donors (Lipinski definition) is 1. The number of halogens is 3. The van der Waals surface area contributed by atoms with Gasteiger partial charge in [-0.2, -0.15) is 0 Å². The second-order valence-corrected chi connectivity index (χ2v) is 5.86. The molecule has 22 heavy (non-hydrogen) atoms. The highest BCUT2D eigenvalue weighted by Gasteiger charge is 2.29. The molecule has 0 spiro atoms. The summed E-state index contributed by atoms with van der Waals surface area (Å²) in [6.07, 6.45) is 0.976. The monoisotopic (exact) mass is 365 g/mol. The van der Waals surface area contributed by atoms with Gasteiger partial charge >= 0.3 is 0 Å². The SMILES string of the molecule is Cl.Cl.O=C(C1CCNC1)N1CCN(c2ccccc2Cl)CC1. The fourth-order valence-electron chi connectivity index (χ4n) is 3.00. The Balaban J connectivity index is 0.00000121. The van der Waals surface area contributed by atoms with Gasteiger partial charge in [0.15, 0.2) is 0 Å². The van der Waals surface area contributed by atoms with Gasteiger partial charge in [-0.05, 0) is 25.1 Å². The molecule has 2 saturated heterocycles. The average Bonchev–Trinajstić information content (AvgIpc) is 3.01. The van der Waals surface area contributed by atoms with Gasteiger partial charge in [0.05, 0.1) is 16.6 Å². The summed E-state index contributed by atoms with van der Waals surface area (Å²) in [5.41, 5.74) is 1.07. The van der Waals surface area contributed by atoms with Crippen LogP contribution in [-0.4, -0.2) is 50.1 Å². The molecule has 1 unspecified atom stereocenters. The van der Waals surface area contributed by atoms with Gasteiger partial charge in [-0.15, -0.1) is 24.8 Å². The maximum absolute atomic E-state index is 12.4. The Morgan fingerprint density at radius 3 is 2.41 bits per heavy atom. The Morgan fingerprint density at radius 2 is 1.82 bits per heavy atom. The van der Waals surface area contributed by atoms with Crippen LogP contribution in [0.1, 0.15) is 6.42 Å². The Labute approximate surface area is 149 Å². The number of para-hydroxylation sites is 1. The second kappa shape index (κ2) is 8.82. The highest BCUT2D eigenvalue weighted by Crippen LogP contribution is 2.26. The van der Waals surface area contributed by atoms with Crippen LogP contribution in [0.5, 0.6) is 0 Å². The van der Waals surface area contributed by atoms with Gasteiger partial charge in [-0.25, -0.2) is 0 Å². The molecule has 2 fully saturated rings. The molecule has 2 aliphatic rings. The summed E-state index contributed by atoms with van der Waals surface area (Å²) < 4.78 is 0. The summed E-state index contributed by atoms with van der Waals surface area (Å²) in [6.45, 7) is 5.10. The Hall–Kier alpha value is -0.680. The molecule has 7 heteroatoms. The maximum atomic E-state index is 12.4. The fourth-order valence-corrected chi connectivity index (χ4v) is 3.25. The minimum absolute atomic E-state index is 0. The summed E-state index contributed by atoms with van der Waals surface area (Å²) in [7, 11) is 0. The first-order valence-corrected chi connectivity index (χ1v) is 7.62. The van der Waals surface area contributed by atoms with Crippen LogP contribution in [0, 0.1) is 5.92 Å². The van der Waals surface area contributed by atoms with Crippen molar-refractivity contribution in [2.75, 3.05) is 44.2 Å². The van der Waals surface area contributed by atoms with E-state index < -0.39 is 0 Å². The van der Waals surface area contributed by atoms with E-state index >= 15 is 0 Å². The van der Waals surface area contributed by atoms with E-state index in [1.54, 1.807) is 0 Å². The number of anilines is 1. The Kier molecular flexibility index (Phi) is 7.77. The van der Waals surface area contributed by atoms with E-state index in [0.717, 1.165) is 56.4 Å². The molecular weight excluding hydrogens is 345 g/mol. The van der Waals surface area contributed by atoms with Gasteiger partial charge in [0.1, 0.15) is 0 Å². The van der Waals surface area contributed by atoms with Crippen molar-refractivity contribution in [3.63, 3.8) is 0 Å². The van der Waals surface area contributed by atoms with E-state index in [0.29, 0.717) is 5.91 Å². The van der Waals surface area contributed by atoms with Crippen LogP contribution in [0.3, 0.4) is 0 Å². The van der Waals surface area contributed by atoms with Crippen LogP contribution in [0.25, 0.3) is 0 Å². The van der Waals surface area contributed by atoms with Crippen molar-refractivity contribution in [2.45, 2.75) is 6.42 Å². The summed E-state index contributed by atoms with van der Waals surface area (Å²) >= 11 is 6.23. The third kappa shape index (κ3) is 4.19. The van der Waals surface area contributed by atoms with Crippen LogP contribution in [0.2, 0.25) is 5.02 Å². The van der Waals surface area contributed by atoms with Gasteiger partial charge in [-0.1, -0.05) is 23.7 Å². The zero-order valence-electron chi connectivity index (χ0n) is 12.3. The lowest BCUT2D eigenvalue weighted by molar-refractivity contribution is -0.135. The van der Waals surface area contributed by atoms with E-state index in [1.165, 1.54) is 0 Å². The summed E-state index contributed by atoms with van der Waals surface area (Å²) in [5.74, 6) is 0.496. The molecule has 124 valence electrons. The number of nitrogens with one attached hydrogen (secondary N) is 1. The van der Waals surface area contributed by atoms with Gasteiger partial charge < -0.3 is 15.1 Å². The Bertz CT molecular complexity index is 487. The standard InChI is InChI=1S/C15H20ClN3O.2ClH/c16-13-3-1-2-4-14(13)18-7-9-19(10-8-18)15(20)12-5-6-17-11-12;;/h1-4,12,17H,5-11H2;2*1H. The number of carbonyl (C=O) groups excluding carboxylic acids is 1. The third-order valence-electron chi connectivity index (χ3n) is 4.19. The molecule has 4 nitrogen and oxygen atoms in total. The van der Waals surface area contributed by atoms with Crippen molar-refractivity contribution in [1.29, 1.82) is 0 Å². The normalized spacial score (nSPS) is 21.0. The molecule has 0 radical (unpaired) electrons. The number of rotatable bonds is 2. The van der Waals surface area contributed by atoms with Gasteiger partial charge in [-0.3, -0.25) is 4.79 Å². The molecule has 3 rings (SSSR count). The fraction of sp³-hybridized carbons (Fsp3) is 0.533. The molecule has 1 amide bonds. The minimum atomic E-state index is 0. The van der Waals surface area contributed by atoms with Gasteiger partial charge in [0.2, 0.25) is 5.91 Å². The van der Waals surface area contributed by atoms with E-state index in [2.05, 4.69) is 10.2 Å². The predicted molar refractivity (Wildman–Crippen MR) is 95.7 cm³/mol. The van der Waals surface area contributed by atoms with Crippen LogP contribution in [0.15, 0.2) is 24.3 Å². The van der Waals surface area contributed by atoms with E-state index in [1.807, 2.05) is 29.2 Å². The molecule has 2 aliphatic heterocycles. The number of piperazine rings is 1. The quantitative estimate of drug-likeness (QED) is 0.873. The molecular formula is C15H22Cl3N3O. The number of amides is 1. The van der Waals surface area contributed by atoms with Crippen LogP contribution in [0.4, 0.5) is 5.69 Å². The largest absolute Gasteiger partial charge is 0.367 e. The van der Waals surface area contributed by atoms with Gasteiger partial charge in [0.25, 0.3) is 0 Å². The van der Waals surface area contributed by atoms with Crippen molar-refractivity contribution in [1.82, 2.24) is 10.2 Å². The summed E-state index contributed by atoms with van der Waals surface area (Å²) in [6, 6.07) is 7.90. The van der Waals surface area contributed by atoms with Crippen molar-refractivity contribution in [3.8, 4) is 0 Å². The highest BCUT2D eigenvalue weighted by atomic mass is 35.5. The summed E-state index contributed by atoms with van der Waals surface area (Å²) in [4.78, 5) is 16.6. The molecule has 1 aromatic carbocycles. The predicted octanol–water partition coefficient (Wildman–Crippen LogP) is 2.44. The molecule has 1 aromatic rings. The lowest BCUT2D eigenvalue weighted by Crippen LogP contribution is -2.50. The zero-order chi connectivity index (χ0) is 13.9. The van der Waals surface area contributed by atoms with Crippen molar-refractivity contribution in [2.24, 2.45) is 5.92 Å². The first-order chi connectivity index (χ1) is 9.75. The molecule has 0 aromatic heterocycles. The molecule has 0 aliphatic carbocycles. The van der Waals surface area contributed by atoms with Crippen molar-refractivity contribution in [3.05, 3.63) is 29.3 Å². The lowest BCUT2D eigenvalue weighted by Gasteiger charge is -2.37. The molecule has 1 N–H and O–H groups in total. The van der Waals surface area contributed by atoms with Crippen LogP contribution >= 0.6 is 36.4 Å². The first-order valence-electron chi connectivity index (χ1n) is 7.24. The number of hydrogen-bond acceptors (Lipinski definition) is 3. The number of benzene rings is 1. The smallest absolute Gasteiger partial charge is 0.227 e. The maximum Gasteiger partial charge on any atom is 0.227 e. The van der Waals surface area contributed by atoms with Crippen molar-refractivity contribution >= 4 is 48.0 Å². The number of carbonyl (C=O) groups is 1. The topological polar surface area (TPSA) is 35.6 Å². The van der Waals surface area contributed by atoms with E-state index in [-0.39, 0.29) is 30.7 Å². The molecule has 1 atom stereocenters. The van der Waals surface area contributed by atoms with E-state index in [4.69, 9.17) is 11.6 Å². The highest BCUT2D eigenvalue weighted by molar-refractivity contribution is 6.33. The van der Waals surface area contributed by atoms with Crippen molar-refractivity contribution < 1.29 is 4.79 Å². The number of nitrogens with zero attached hydrogens (tertiary/aromatic N) is 2. The van der Waals surface area contributed by atoms with Crippen LogP contribution in [-0.2, 0) is 4.79 Å². The van der Waals surface area contributed by atoms with Crippen LogP contribution < -0.4 is 10.2 Å². The zero-order valence-corrected chi connectivity index (χ0v) is 14.7. The molecule has 0 saturated carbocycles. The summed E-state index contributed by atoms with van der Waals surface area (Å²) in [5, 5.41) is 4.04. The molecule has 0 bridgehead atoms. The van der Waals surface area contributed by atoms with Gasteiger partial charge in [0, 0.05) is 32.7 Å². The molecule has 2 heterocycles. The average molecular weight is 367 g/mol. The Morgan fingerprint density at radius 1 is 1.14 bits per heavy atom. The lowest BCUT2D eigenvalue weighted by atomic mass is 10.1. The second-order valence-electron chi connectivity index (χ2n) is 5.45. The van der Waals surface area contributed by atoms with E-state index in [9.17, 15) is 4.79 Å². The minimum Gasteiger partial charge on any atom is -0.367 e.